The van der Waals surface area contributed by atoms with Gasteiger partial charge in [-0.1, -0.05) is 24.3 Å². The number of hydrogen-bond donors (Lipinski definition) is 0. The van der Waals surface area contributed by atoms with Crippen molar-refractivity contribution in [1.82, 2.24) is 9.97 Å². The van der Waals surface area contributed by atoms with Gasteiger partial charge in [0.2, 0.25) is 0 Å². The lowest BCUT2D eigenvalue weighted by atomic mass is 10.1. The normalized spacial score (nSPS) is 11.0. The van der Waals surface area contributed by atoms with Crippen LogP contribution in [0.25, 0.3) is 17.0 Å². The maximum atomic E-state index is 11.9. The molecule has 0 amide bonds. The third kappa shape index (κ3) is 2.62. The molecule has 0 aliphatic heterocycles. The zero-order chi connectivity index (χ0) is 13.8. The number of carbonyl (C=O) groups excluding carboxylic acids is 1. The molecule has 0 saturated carbocycles. The summed E-state index contributed by atoms with van der Waals surface area (Å²) in [5.74, 6) is -0.0534. The first-order valence-corrected chi connectivity index (χ1v) is 6.31. The second-order valence-electron chi connectivity index (χ2n) is 4.36. The zero-order valence-corrected chi connectivity index (χ0v) is 10.7. The van der Waals surface area contributed by atoms with E-state index in [0.717, 1.165) is 16.6 Å². The first-order chi connectivity index (χ1) is 9.83. The van der Waals surface area contributed by atoms with Crippen molar-refractivity contribution in [2.24, 2.45) is 0 Å². The van der Waals surface area contributed by atoms with Gasteiger partial charge in [-0.05, 0) is 36.4 Å². The molecule has 20 heavy (non-hydrogen) atoms. The summed E-state index contributed by atoms with van der Waals surface area (Å²) < 4.78 is 0. The molecule has 3 nitrogen and oxygen atoms in total. The van der Waals surface area contributed by atoms with Gasteiger partial charge >= 0.3 is 0 Å². The summed E-state index contributed by atoms with van der Waals surface area (Å²) in [5.41, 5.74) is 2.31. The third-order valence-corrected chi connectivity index (χ3v) is 2.99. The number of nitrogens with zero attached hydrogens (tertiary/aromatic N) is 2. The van der Waals surface area contributed by atoms with E-state index in [4.69, 9.17) is 0 Å². The number of pyridine rings is 2. The summed E-state index contributed by atoms with van der Waals surface area (Å²) in [4.78, 5) is 20.3. The van der Waals surface area contributed by atoms with Crippen molar-refractivity contribution in [3.8, 4) is 0 Å². The Morgan fingerprint density at radius 1 is 0.950 bits per heavy atom. The molecule has 0 N–H and O–H groups in total. The molecular formula is C17H12N2O. The Bertz CT molecular complexity index is 779. The Morgan fingerprint density at radius 2 is 1.75 bits per heavy atom. The van der Waals surface area contributed by atoms with Crippen LogP contribution < -0.4 is 0 Å². The number of benzene rings is 1. The molecule has 0 bridgehead atoms. The van der Waals surface area contributed by atoms with Gasteiger partial charge in [0.05, 0.1) is 11.2 Å². The van der Waals surface area contributed by atoms with Crippen LogP contribution in [0.2, 0.25) is 0 Å². The molecule has 1 aromatic carbocycles. The van der Waals surface area contributed by atoms with Crippen molar-refractivity contribution in [3.05, 3.63) is 78.3 Å². The lowest BCUT2D eigenvalue weighted by Gasteiger charge is -1.98. The van der Waals surface area contributed by atoms with Crippen molar-refractivity contribution >= 4 is 22.8 Å². The minimum absolute atomic E-state index is 0.0534. The van der Waals surface area contributed by atoms with Crippen LogP contribution in [-0.2, 0) is 0 Å². The van der Waals surface area contributed by atoms with Crippen LogP contribution in [0.1, 0.15) is 16.1 Å². The molecule has 0 unspecified atom stereocenters. The highest BCUT2D eigenvalue weighted by Gasteiger charge is 2.00. The van der Waals surface area contributed by atoms with E-state index in [9.17, 15) is 4.79 Å². The number of ketones is 1. The summed E-state index contributed by atoms with van der Waals surface area (Å²) in [5, 5.41) is 1.09. The number of carbonyl (C=O) groups is 1. The molecule has 3 heteroatoms. The first kappa shape index (κ1) is 12.2. The van der Waals surface area contributed by atoms with Crippen LogP contribution in [0.15, 0.2) is 67.0 Å². The fraction of sp³-hybridized carbons (Fsp3) is 0. The zero-order valence-electron chi connectivity index (χ0n) is 10.7. The highest BCUT2D eigenvalue weighted by atomic mass is 16.1. The first-order valence-electron chi connectivity index (χ1n) is 6.31. The molecule has 96 valence electrons. The van der Waals surface area contributed by atoms with Crippen LogP contribution in [0, 0.1) is 0 Å². The third-order valence-electron chi connectivity index (χ3n) is 2.99. The van der Waals surface area contributed by atoms with E-state index in [-0.39, 0.29) is 5.78 Å². The molecule has 3 aromatic rings. The van der Waals surface area contributed by atoms with Gasteiger partial charge in [0.15, 0.2) is 5.78 Å². The second kappa shape index (κ2) is 5.45. The number of aromatic nitrogens is 2. The van der Waals surface area contributed by atoms with Crippen LogP contribution in [0.3, 0.4) is 0 Å². The smallest absolute Gasteiger partial charge is 0.186 e. The molecule has 0 spiro atoms. The van der Waals surface area contributed by atoms with Crippen molar-refractivity contribution < 1.29 is 4.79 Å². The summed E-state index contributed by atoms with van der Waals surface area (Å²) in [6.45, 7) is 0. The van der Waals surface area contributed by atoms with E-state index in [1.54, 1.807) is 30.6 Å². The van der Waals surface area contributed by atoms with Gasteiger partial charge in [0.1, 0.15) is 0 Å². The van der Waals surface area contributed by atoms with Crippen molar-refractivity contribution in [2.45, 2.75) is 0 Å². The van der Waals surface area contributed by atoms with Gasteiger partial charge in [0.25, 0.3) is 0 Å². The van der Waals surface area contributed by atoms with Crippen LogP contribution >= 0.6 is 0 Å². The van der Waals surface area contributed by atoms with Crippen LogP contribution in [-0.4, -0.2) is 15.8 Å². The van der Waals surface area contributed by atoms with Crippen LogP contribution in [0.5, 0.6) is 0 Å². The Balaban J connectivity index is 1.85. The Labute approximate surface area is 116 Å². The molecule has 3 rings (SSSR count). The topological polar surface area (TPSA) is 42.9 Å². The quantitative estimate of drug-likeness (QED) is 0.534. The van der Waals surface area contributed by atoms with E-state index >= 15 is 0 Å². The summed E-state index contributed by atoms with van der Waals surface area (Å²) in [7, 11) is 0. The van der Waals surface area contributed by atoms with Gasteiger partial charge in [-0.3, -0.25) is 9.78 Å². The summed E-state index contributed by atoms with van der Waals surface area (Å²) >= 11 is 0. The fourth-order valence-electron chi connectivity index (χ4n) is 1.95. The van der Waals surface area contributed by atoms with Gasteiger partial charge in [-0.15, -0.1) is 0 Å². The van der Waals surface area contributed by atoms with E-state index < -0.39 is 0 Å². The lowest BCUT2D eigenvalue weighted by molar-refractivity contribution is 0.104. The second-order valence-corrected chi connectivity index (χ2v) is 4.36. The highest BCUT2D eigenvalue weighted by Crippen LogP contribution is 2.12. The molecule has 0 aliphatic rings. The summed E-state index contributed by atoms with van der Waals surface area (Å²) in [6, 6.07) is 15.2. The molecule has 0 radical (unpaired) electrons. The molecule has 0 atom stereocenters. The molecular weight excluding hydrogens is 248 g/mol. The molecule has 2 heterocycles. The lowest BCUT2D eigenvalue weighted by Crippen LogP contribution is -1.94. The number of fused-ring (bicyclic) bond motifs is 1. The van der Waals surface area contributed by atoms with Crippen molar-refractivity contribution in [3.63, 3.8) is 0 Å². The molecule has 2 aromatic heterocycles. The monoisotopic (exact) mass is 260 g/mol. The molecule has 0 saturated heterocycles. The van der Waals surface area contributed by atoms with E-state index in [1.807, 2.05) is 36.4 Å². The van der Waals surface area contributed by atoms with Crippen molar-refractivity contribution in [2.75, 3.05) is 0 Å². The number of allylic oxidation sites excluding steroid dienone is 1. The van der Waals surface area contributed by atoms with Crippen molar-refractivity contribution in [1.29, 1.82) is 0 Å². The Morgan fingerprint density at radius 3 is 2.60 bits per heavy atom. The molecule has 0 fully saturated rings. The van der Waals surface area contributed by atoms with Gasteiger partial charge in [0, 0.05) is 23.3 Å². The molecule has 0 aliphatic carbocycles. The largest absolute Gasteiger partial charge is 0.289 e. The SMILES string of the molecule is O=C(C=Cc1ccc2ccccc2n1)c1ccncc1. The summed E-state index contributed by atoms with van der Waals surface area (Å²) in [6.07, 6.45) is 6.48. The standard InChI is InChI=1S/C17H12N2O/c20-17(14-9-11-18-12-10-14)8-7-15-6-5-13-3-1-2-4-16(13)19-15/h1-12H. The van der Waals surface area contributed by atoms with Gasteiger partial charge in [-0.2, -0.15) is 0 Å². The predicted octanol–water partition coefficient (Wildman–Crippen LogP) is 3.53. The van der Waals surface area contributed by atoms with Gasteiger partial charge in [-0.25, -0.2) is 4.98 Å². The fourth-order valence-corrected chi connectivity index (χ4v) is 1.95. The van der Waals surface area contributed by atoms with E-state index in [0.29, 0.717) is 5.56 Å². The van der Waals surface area contributed by atoms with E-state index in [1.165, 1.54) is 6.08 Å². The average Bonchev–Trinajstić information content (AvgIpc) is 2.53. The maximum absolute atomic E-state index is 11.9. The van der Waals surface area contributed by atoms with E-state index in [2.05, 4.69) is 9.97 Å². The van der Waals surface area contributed by atoms with Gasteiger partial charge < -0.3 is 0 Å². The number of rotatable bonds is 3. The minimum Gasteiger partial charge on any atom is -0.289 e. The predicted molar refractivity (Wildman–Crippen MR) is 79.3 cm³/mol. The Kier molecular flexibility index (Phi) is 3.33. The highest BCUT2D eigenvalue weighted by molar-refractivity contribution is 6.06. The maximum Gasteiger partial charge on any atom is 0.186 e. The average molecular weight is 260 g/mol. The number of hydrogen-bond acceptors (Lipinski definition) is 3. The van der Waals surface area contributed by atoms with Crippen LogP contribution in [0.4, 0.5) is 0 Å². The minimum atomic E-state index is -0.0534. The Hall–Kier alpha value is -2.81. The number of para-hydroxylation sites is 1.